The van der Waals surface area contributed by atoms with Crippen LogP contribution in [-0.2, 0) is 24.0 Å². The molecular formula is C20H39N7O6S. The summed E-state index contributed by atoms with van der Waals surface area (Å²) in [6.45, 7) is 0.853. The van der Waals surface area contributed by atoms with E-state index < -0.39 is 53.8 Å². The van der Waals surface area contributed by atoms with Gasteiger partial charge in [0.25, 0.3) is 0 Å². The summed E-state index contributed by atoms with van der Waals surface area (Å²) in [4.78, 5) is 60.5. The second-order valence-corrected chi connectivity index (χ2v) is 8.25. The number of hydrogen-bond donors (Lipinski definition) is 9. The number of carboxylic acid groups (broad SMARTS) is 1. The van der Waals surface area contributed by atoms with Gasteiger partial charge in [0.05, 0.1) is 6.04 Å². The van der Waals surface area contributed by atoms with Crippen molar-refractivity contribution in [3.63, 3.8) is 0 Å². The van der Waals surface area contributed by atoms with Gasteiger partial charge in [-0.15, -0.1) is 0 Å². The molecule has 0 radical (unpaired) electrons. The number of nitrogens with two attached hydrogens (primary N) is 4. The Morgan fingerprint density at radius 1 is 0.735 bits per heavy atom. The van der Waals surface area contributed by atoms with E-state index in [0.717, 1.165) is 0 Å². The molecule has 0 fully saturated rings. The Morgan fingerprint density at radius 3 is 1.74 bits per heavy atom. The minimum atomic E-state index is -1.26. The van der Waals surface area contributed by atoms with Crippen LogP contribution in [0, 0.1) is 0 Å². The Balaban J connectivity index is 5.22. The molecule has 4 unspecified atom stereocenters. The topological polar surface area (TPSA) is 246 Å². The predicted octanol–water partition coefficient (Wildman–Crippen LogP) is -2.69. The van der Waals surface area contributed by atoms with Crippen molar-refractivity contribution in [2.24, 2.45) is 22.9 Å². The number of aliphatic carboxylic acids is 1. The molecule has 196 valence electrons. The molecule has 4 atom stereocenters. The lowest BCUT2D eigenvalue weighted by Crippen LogP contribution is -2.57. The lowest BCUT2D eigenvalue weighted by molar-refractivity contribution is -0.142. The van der Waals surface area contributed by atoms with Gasteiger partial charge in [-0.2, -0.15) is 12.6 Å². The first kappa shape index (κ1) is 31.6. The monoisotopic (exact) mass is 505 g/mol. The smallest absolute Gasteiger partial charge is 0.326 e. The van der Waals surface area contributed by atoms with Crippen molar-refractivity contribution in [3.05, 3.63) is 0 Å². The van der Waals surface area contributed by atoms with Crippen LogP contribution >= 0.6 is 12.6 Å². The van der Waals surface area contributed by atoms with Crippen molar-refractivity contribution < 1.29 is 29.1 Å². The van der Waals surface area contributed by atoms with Crippen molar-refractivity contribution in [2.75, 3.05) is 18.8 Å². The van der Waals surface area contributed by atoms with E-state index in [4.69, 9.17) is 22.9 Å². The summed E-state index contributed by atoms with van der Waals surface area (Å²) < 4.78 is 0. The first-order valence-electron chi connectivity index (χ1n) is 11.3. The zero-order valence-corrected chi connectivity index (χ0v) is 20.2. The van der Waals surface area contributed by atoms with E-state index in [2.05, 4.69) is 28.6 Å². The normalized spacial score (nSPS) is 14.4. The zero-order valence-electron chi connectivity index (χ0n) is 19.3. The number of nitrogens with one attached hydrogen (secondary N) is 3. The summed E-state index contributed by atoms with van der Waals surface area (Å²) in [5, 5.41) is 16.7. The van der Waals surface area contributed by atoms with E-state index in [1.54, 1.807) is 0 Å². The van der Waals surface area contributed by atoms with E-state index >= 15 is 0 Å². The molecular weight excluding hydrogens is 466 g/mol. The highest BCUT2D eigenvalue weighted by atomic mass is 32.1. The van der Waals surface area contributed by atoms with E-state index in [1.807, 2.05) is 0 Å². The SMILES string of the molecule is NCCCCC(N)C(=O)NC(CS)C(=O)NC(CCC(N)=O)C(=O)NC(CCCCN)C(=O)O. The van der Waals surface area contributed by atoms with E-state index in [9.17, 15) is 29.1 Å². The molecule has 0 bridgehead atoms. The molecule has 0 aromatic heterocycles. The maximum absolute atomic E-state index is 12.7. The highest BCUT2D eigenvalue weighted by Gasteiger charge is 2.29. The largest absolute Gasteiger partial charge is 0.480 e. The van der Waals surface area contributed by atoms with Gasteiger partial charge in [-0.05, 0) is 51.6 Å². The van der Waals surface area contributed by atoms with Gasteiger partial charge < -0.3 is 44.0 Å². The third kappa shape index (κ3) is 13.3. The molecule has 0 aliphatic rings. The fourth-order valence-corrected chi connectivity index (χ4v) is 3.22. The Kier molecular flexibility index (Phi) is 16.7. The quantitative estimate of drug-likeness (QED) is 0.0653. The van der Waals surface area contributed by atoms with Crippen LogP contribution in [0.1, 0.15) is 51.4 Å². The van der Waals surface area contributed by atoms with Gasteiger partial charge >= 0.3 is 5.97 Å². The van der Waals surface area contributed by atoms with Crippen molar-refractivity contribution in [2.45, 2.75) is 75.5 Å². The summed E-state index contributed by atoms with van der Waals surface area (Å²) in [7, 11) is 0. The first-order valence-corrected chi connectivity index (χ1v) is 11.9. The number of carboxylic acids is 1. The molecule has 0 aliphatic heterocycles. The van der Waals surface area contributed by atoms with Crippen LogP contribution in [0.15, 0.2) is 0 Å². The molecule has 0 saturated heterocycles. The average Bonchev–Trinajstić information content (AvgIpc) is 2.78. The summed E-state index contributed by atoms with van der Waals surface area (Å²) >= 11 is 4.08. The van der Waals surface area contributed by atoms with Crippen molar-refractivity contribution in [1.82, 2.24) is 16.0 Å². The molecule has 13 nitrogen and oxygen atoms in total. The standard InChI is InChI=1S/C20H39N7O6S/c21-9-3-1-5-12(23)17(29)27-15(11-34)19(31)25-13(7-8-16(24)28)18(30)26-14(20(32)33)6-2-4-10-22/h12-15,34H,1-11,21-23H2,(H2,24,28)(H,25,31)(H,26,30)(H,27,29)(H,32,33). The lowest BCUT2D eigenvalue weighted by atomic mass is 10.1. The molecule has 14 heteroatoms. The summed E-state index contributed by atoms with van der Waals surface area (Å²) in [5.41, 5.74) is 21.8. The minimum Gasteiger partial charge on any atom is -0.480 e. The van der Waals surface area contributed by atoms with Gasteiger partial charge in [-0.3, -0.25) is 19.2 Å². The molecule has 34 heavy (non-hydrogen) atoms. The Hall–Kier alpha value is -2.42. The van der Waals surface area contributed by atoms with Crippen LogP contribution in [0.3, 0.4) is 0 Å². The second-order valence-electron chi connectivity index (χ2n) is 7.88. The van der Waals surface area contributed by atoms with E-state index in [-0.39, 0.29) is 25.0 Å². The number of hydrogen-bond acceptors (Lipinski definition) is 9. The number of carbonyl (C=O) groups is 5. The highest BCUT2D eigenvalue weighted by Crippen LogP contribution is 2.05. The van der Waals surface area contributed by atoms with Gasteiger partial charge in [0.2, 0.25) is 23.6 Å². The molecule has 0 aromatic carbocycles. The molecule has 0 aromatic rings. The van der Waals surface area contributed by atoms with Crippen LogP contribution < -0.4 is 38.9 Å². The summed E-state index contributed by atoms with van der Waals surface area (Å²) in [6, 6.07) is -4.41. The molecule has 0 spiro atoms. The molecule has 0 heterocycles. The van der Waals surface area contributed by atoms with Gasteiger partial charge in [0, 0.05) is 12.2 Å². The van der Waals surface area contributed by atoms with Gasteiger partial charge in [0.1, 0.15) is 18.1 Å². The maximum Gasteiger partial charge on any atom is 0.326 e. The van der Waals surface area contributed by atoms with Crippen molar-refractivity contribution in [3.8, 4) is 0 Å². The molecule has 4 amide bonds. The number of amides is 4. The van der Waals surface area contributed by atoms with Crippen LogP contribution in [0.2, 0.25) is 0 Å². The van der Waals surface area contributed by atoms with Crippen LogP contribution in [0.4, 0.5) is 0 Å². The Labute approximate surface area is 204 Å². The number of unbranched alkanes of at least 4 members (excludes halogenated alkanes) is 2. The van der Waals surface area contributed by atoms with Crippen LogP contribution in [0.25, 0.3) is 0 Å². The maximum atomic E-state index is 12.7. The van der Waals surface area contributed by atoms with E-state index in [1.165, 1.54) is 0 Å². The predicted molar refractivity (Wildman–Crippen MR) is 129 cm³/mol. The van der Waals surface area contributed by atoms with Gasteiger partial charge in [0.15, 0.2) is 0 Å². The molecule has 12 N–H and O–H groups in total. The van der Waals surface area contributed by atoms with Gasteiger partial charge in [-0.1, -0.05) is 6.42 Å². The third-order valence-electron chi connectivity index (χ3n) is 5.00. The minimum absolute atomic E-state index is 0.0892. The Bertz CT molecular complexity index is 682. The zero-order chi connectivity index (χ0) is 26.1. The van der Waals surface area contributed by atoms with Crippen molar-refractivity contribution >= 4 is 42.2 Å². The number of thiol groups is 1. The third-order valence-corrected chi connectivity index (χ3v) is 5.36. The van der Waals surface area contributed by atoms with Crippen LogP contribution in [-0.4, -0.2) is 77.7 Å². The number of primary amides is 1. The summed E-state index contributed by atoms with van der Waals surface area (Å²) in [6.07, 6.45) is 2.55. The molecule has 0 saturated carbocycles. The Morgan fingerprint density at radius 2 is 1.24 bits per heavy atom. The fourth-order valence-electron chi connectivity index (χ4n) is 2.96. The van der Waals surface area contributed by atoms with Crippen LogP contribution in [0.5, 0.6) is 0 Å². The number of rotatable bonds is 19. The lowest BCUT2D eigenvalue weighted by Gasteiger charge is -2.24. The highest BCUT2D eigenvalue weighted by molar-refractivity contribution is 7.80. The molecule has 0 rings (SSSR count). The van der Waals surface area contributed by atoms with E-state index in [0.29, 0.717) is 45.2 Å². The second kappa shape index (κ2) is 18.0. The average molecular weight is 506 g/mol. The fraction of sp³-hybridized carbons (Fsp3) is 0.750. The molecule has 0 aliphatic carbocycles. The van der Waals surface area contributed by atoms with Crippen molar-refractivity contribution in [1.29, 1.82) is 0 Å². The first-order chi connectivity index (χ1) is 16.1. The number of carbonyl (C=O) groups excluding carboxylic acids is 4. The van der Waals surface area contributed by atoms with Gasteiger partial charge in [-0.25, -0.2) is 4.79 Å². The summed E-state index contributed by atoms with van der Waals surface area (Å²) in [5.74, 6) is -4.12.